The topological polar surface area (TPSA) is 83.6 Å². The molecule has 4 aliphatic carbocycles. The lowest BCUT2D eigenvalue weighted by molar-refractivity contribution is -0.228. The number of cyclic esters (lactones) is 1. The highest BCUT2D eigenvalue weighted by Crippen LogP contribution is 2.76. The molecule has 2 spiro atoms. The summed E-state index contributed by atoms with van der Waals surface area (Å²) in [4.78, 5) is 26.5. The van der Waals surface area contributed by atoms with Gasteiger partial charge in [0.1, 0.15) is 23.1 Å². The van der Waals surface area contributed by atoms with Crippen molar-refractivity contribution in [2.24, 2.45) is 34.5 Å². The second-order valence-electron chi connectivity index (χ2n) is 13.7. The second kappa shape index (κ2) is 7.67. The molecule has 0 N–H and O–H groups in total. The number of carbonyl (C=O) groups excluding carboxylic acids is 2. The molecule has 0 aromatic carbocycles. The number of ether oxygens (including phenoxy) is 5. The van der Waals surface area contributed by atoms with E-state index in [0.29, 0.717) is 36.4 Å². The van der Waals surface area contributed by atoms with Crippen molar-refractivity contribution in [3.63, 3.8) is 0 Å². The van der Waals surface area contributed by atoms with E-state index in [0.717, 1.165) is 49.7 Å². The first-order chi connectivity index (χ1) is 17.6. The molecule has 7 nitrogen and oxygen atoms in total. The number of hydrogen-bond acceptors (Lipinski definition) is 7. The van der Waals surface area contributed by atoms with Gasteiger partial charge >= 0.3 is 5.97 Å². The van der Waals surface area contributed by atoms with E-state index >= 15 is 0 Å². The van der Waals surface area contributed by atoms with E-state index in [1.54, 1.807) is 14.2 Å². The Kier molecular flexibility index (Phi) is 5.13. The first kappa shape index (κ1) is 24.7. The molecule has 2 saturated heterocycles. The number of esters is 1. The third-order valence-electron chi connectivity index (χ3n) is 12.8. The quantitative estimate of drug-likeness (QED) is 0.409. The Morgan fingerprint density at radius 3 is 2.41 bits per heavy atom. The van der Waals surface area contributed by atoms with Crippen molar-refractivity contribution in [1.82, 2.24) is 0 Å². The fourth-order valence-electron chi connectivity index (χ4n) is 10.8. The fourth-order valence-corrected chi connectivity index (χ4v) is 10.8. The van der Waals surface area contributed by atoms with Gasteiger partial charge in [0, 0.05) is 50.4 Å². The van der Waals surface area contributed by atoms with Crippen LogP contribution in [-0.2, 0) is 33.3 Å². The van der Waals surface area contributed by atoms with Crippen LogP contribution in [0.4, 0.5) is 0 Å². The molecular formula is C30H42O7. The van der Waals surface area contributed by atoms with Crippen molar-refractivity contribution in [3.8, 4) is 0 Å². The number of hydrogen-bond donors (Lipinski definition) is 0. The highest BCUT2D eigenvalue weighted by Gasteiger charge is 2.81. The van der Waals surface area contributed by atoms with E-state index in [4.69, 9.17) is 23.7 Å². The Labute approximate surface area is 219 Å². The first-order valence-corrected chi connectivity index (χ1v) is 14.4. The summed E-state index contributed by atoms with van der Waals surface area (Å²) < 4.78 is 31.2. The summed E-state index contributed by atoms with van der Waals surface area (Å²) >= 11 is 0. The molecule has 6 fully saturated rings. The second-order valence-corrected chi connectivity index (χ2v) is 13.7. The van der Waals surface area contributed by atoms with E-state index in [2.05, 4.69) is 13.8 Å². The standard InChI is InChI=1S/C30H42O7/c1-15-11-23(35-25(32)16(15)2)28(4)21-8-7-20-18-13-24-30(36-24)14-17(33-5)12-22(31)27(30,3)19(18)9-10-29(20,21)26(34-6)37-28/h17-21,23-24,26H,7-14H2,1-6H3/t17-,18+,19-,20-,21+,23+,24+,26-,27-,28+,29+,30+/m0/s1. The number of fused-ring (bicyclic) bond motifs is 3. The summed E-state index contributed by atoms with van der Waals surface area (Å²) in [5.41, 5.74) is 0.304. The van der Waals surface area contributed by atoms with Crippen LogP contribution >= 0.6 is 0 Å². The predicted molar refractivity (Wildman–Crippen MR) is 133 cm³/mol. The van der Waals surface area contributed by atoms with E-state index in [9.17, 15) is 9.59 Å². The zero-order valence-corrected chi connectivity index (χ0v) is 23.1. The van der Waals surface area contributed by atoms with Gasteiger partial charge in [0.05, 0.1) is 17.6 Å². The van der Waals surface area contributed by atoms with Gasteiger partial charge in [-0.3, -0.25) is 4.79 Å². The summed E-state index contributed by atoms with van der Waals surface area (Å²) in [5, 5.41) is 0. The predicted octanol–water partition coefficient (Wildman–Crippen LogP) is 4.36. The lowest BCUT2D eigenvalue weighted by Crippen LogP contribution is -2.63. The molecule has 0 unspecified atom stereocenters. The summed E-state index contributed by atoms with van der Waals surface area (Å²) in [7, 11) is 3.48. The largest absolute Gasteiger partial charge is 0.456 e. The normalized spacial score (nSPS) is 56.2. The van der Waals surface area contributed by atoms with Gasteiger partial charge in [-0.15, -0.1) is 0 Å². The van der Waals surface area contributed by atoms with Crippen molar-refractivity contribution in [1.29, 1.82) is 0 Å². The van der Waals surface area contributed by atoms with E-state index < -0.39 is 11.0 Å². The lowest BCUT2D eigenvalue weighted by atomic mass is 9.43. The van der Waals surface area contributed by atoms with Crippen molar-refractivity contribution in [2.75, 3.05) is 14.2 Å². The van der Waals surface area contributed by atoms with Gasteiger partial charge in [-0.05, 0) is 77.6 Å². The summed E-state index contributed by atoms with van der Waals surface area (Å²) in [6.45, 7) is 8.26. The average molecular weight is 515 g/mol. The molecule has 37 heavy (non-hydrogen) atoms. The van der Waals surface area contributed by atoms with Crippen molar-refractivity contribution in [2.45, 2.75) is 115 Å². The third-order valence-corrected chi connectivity index (χ3v) is 12.8. The number of methoxy groups -OCH3 is 2. The van der Waals surface area contributed by atoms with Gasteiger partial charge in [-0.1, -0.05) is 5.57 Å². The van der Waals surface area contributed by atoms with E-state index in [-0.39, 0.29) is 47.5 Å². The number of ketones is 1. The van der Waals surface area contributed by atoms with Gasteiger partial charge < -0.3 is 23.7 Å². The maximum Gasteiger partial charge on any atom is 0.334 e. The molecule has 4 saturated carbocycles. The smallest absolute Gasteiger partial charge is 0.334 e. The van der Waals surface area contributed by atoms with E-state index in [1.165, 1.54) is 0 Å². The molecule has 7 heteroatoms. The minimum Gasteiger partial charge on any atom is -0.456 e. The molecule has 0 aromatic heterocycles. The Bertz CT molecular complexity index is 1080. The van der Waals surface area contributed by atoms with Crippen molar-refractivity contribution < 1.29 is 33.3 Å². The van der Waals surface area contributed by atoms with Crippen LogP contribution in [0.3, 0.4) is 0 Å². The number of Topliss-reactive ketones (excluding diaryl/α,β-unsaturated/α-hetero) is 1. The Morgan fingerprint density at radius 1 is 0.919 bits per heavy atom. The molecule has 7 aliphatic rings. The molecule has 7 rings (SSSR count). The van der Waals surface area contributed by atoms with E-state index in [1.807, 2.05) is 13.8 Å². The van der Waals surface area contributed by atoms with Crippen LogP contribution in [0.1, 0.15) is 79.1 Å². The van der Waals surface area contributed by atoms with Crippen LogP contribution in [0.25, 0.3) is 0 Å². The molecule has 12 atom stereocenters. The molecule has 0 radical (unpaired) electrons. The van der Waals surface area contributed by atoms with Crippen LogP contribution in [-0.4, -0.2) is 61.8 Å². The first-order valence-electron chi connectivity index (χ1n) is 14.4. The van der Waals surface area contributed by atoms with Crippen LogP contribution < -0.4 is 0 Å². The lowest BCUT2D eigenvalue weighted by Gasteiger charge is -2.58. The average Bonchev–Trinajstić information content (AvgIpc) is 3.32. The maximum absolute atomic E-state index is 13.8. The Balaban J connectivity index is 1.24. The summed E-state index contributed by atoms with van der Waals surface area (Å²) in [6.07, 6.45) is 6.60. The summed E-state index contributed by atoms with van der Waals surface area (Å²) in [6, 6.07) is 0. The molecule has 0 bridgehead atoms. The van der Waals surface area contributed by atoms with Crippen molar-refractivity contribution in [3.05, 3.63) is 11.1 Å². The SMILES string of the molecule is CO[C@H]1CC(=O)[C@]2(C)[C@H]3CC[C@]45[C@@H](OC)O[C@@](C)([C@H]6CC(C)=C(C)C(=O)O6)[C@H]4CC[C@H]5[C@@H]3C[C@H]3O[C@]32C1. The maximum atomic E-state index is 13.8. The zero-order valence-electron chi connectivity index (χ0n) is 23.1. The molecule has 0 aromatic rings. The van der Waals surface area contributed by atoms with Gasteiger partial charge in [0.2, 0.25) is 0 Å². The number of carbonyl (C=O) groups is 2. The zero-order chi connectivity index (χ0) is 26.1. The Hall–Kier alpha value is -1.28. The van der Waals surface area contributed by atoms with Gasteiger partial charge in [0.25, 0.3) is 0 Å². The van der Waals surface area contributed by atoms with Crippen LogP contribution in [0.2, 0.25) is 0 Å². The fraction of sp³-hybridized carbons (Fsp3) is 0.867. The van der Waals surface area contributed by atoms with Gasteiger partial charge in [0.15, 0.2) is 6.29 Å². The molecule has 204 valence electrons. The van der Waals surface area contributed by atoms with Crippen molar-refractivity contribution >= 4 is 11.8 Å². The molecular weight excluding hydrogens is 472 g/mol. The molecule has 3 aliphatic heterocycles. The third kappa shape index (κ3) is 2.78. The minimum absolute atomic E-state index is 0.0333. The Morgan fingerprint density at radius 2 is 1.70 bits per heavy atom. The highest BCUT2D eigenvalue weighted by atomic mass is 16.7. The van der Waals surface area contributed by atoms with Gasteiger partial charge in [-0.2, -0.15) is 0 Å². The van der Waals surface area contributed by atoms with Gasteiger partial charge in [-0.25, -0.2) is 4.79 Å². The summed E-state index contributed by atoms with van der Waals surface area (Å²) in [5.74, 6) is 1.49. The minimum atomic E-state index is -0.593. The van der Waals surface area contributed by atoms with Crippen LogP contribution in [0.15, 0.2) is 11.1 Å². The monoisotopic (exact) mass is 514 g/mol. The molecule has 3 heterocycles. The molecule has 0 amide bonds. The highest BCUT2D eigenvalue weighted by molar-refractivity contribution is 5.90. The van der Waals surface area contributed by atoms with Crippen LogP contribution in [0.5, 0.6) is 0 Å². The number of epoxide rings is 1. The van der Waals surface area contributed by atoms with Crippen LogP contribution in [0, 0.1) is 34.5 Å². The number of rotatable bonds is 3.